The Hall–Kier alpha value is -4.53. The van der Waals surface area contributed by atoms with Crippen molar-refractivity contribution in [1.29, 1.82) is 0 Å². The highest BCUT2D eigenvalue weighted by molar-refractivity contribution is 5.99. The number of ether oxygens (including phenoxy) is 1. The Morgan fingerprint density at radius 1 is 0.622 bits per heavy atom. The number of carbonyl (C=O) groups is 3. The molecule has 37 heavy (non-hydrogen) atoms. The number of amides is 3. The molecule has 0 spiro atoms. The number of carboxylic acid groups (broad SMARTS) is 2. The maximum Gasteiger partial charge on any atom is 0.417 e. The average molecular weight is 504 g/mol. The maximum atomic E-state index is 13.8. The molecule has 3 aromatic carbocycles. The Morgan fingerprint density at radius 2 is 1.00 bits per heavy atom. The van der Waals surface area contributed by atoms with E-state index in [0.29, 0.717) is 12.8 Å². The fourth-order valence-electron chi connectivity index (χ4n) is 4.51. The molecule has 1 aliphatic rings. The summed E-state index contributed by atoms with van der Waals surface area (Å²) in [4.78, 5) is 42.2. The molecule has 0 unspecified atom stereocenters. The molecule has 1 fully saturated rings. The second kappa shape index (κ2) is 11.9. The Kier molecular flexibility index (Phi) is 8.25. The lowest BCUT2D eigenvalue weighted by atomic mass is 9.98. The van der Waals surface area contributed by atoms with Crippen molar-refractivity contribution >= 4 is 35.3 Å². The van der Waals surface area contributed by atoms with Crippen molar-refractivity contribution in [2.45, 2.75) is 44.5 Å². The molecule has 0 radical (unpaired) electrons. The molecule has 3 amide bonds. The monoisotopic (exact) mass is 503 g/mol. The zero-order valence-electron chi connectivity index (χ0n) is 20.2. The van der Waals surface area contributed by atoms with Crippen molar-refractivity contribution < 1.29 is 29.3 Å². The molecular formula is C28H29N3O6. The maximum absolute atomic E-state index is 13.8. The predicted molar refractivity (Wildman–Crippen MR) is 140 cm³/mol. The van der Waals surface area contributed by atoms with E-state index in [1.165, 1.54) is 0 Å². The summed E-state index contributed by atoms with van der Waals surface area (Å²) in [5.74, 6) is 0. The highest BCUT2D eigenvalue weighted by atomic mass is 16.6. The Bertz CT molecular complexity index is 1130. The van der Waals surface area contributed by atoms with Crippen LogP contribution in [0.1, 0.15) is 32.1 Å². The number of para-hydroxylation sites is 3. The highest BCUT2D eigenvalue weighted by Gasteiger charge is 2.43. The topological polar surface area (TPSA) is 111 Å². The van der Waals surface area contributed by atoms with E-state index >= 15 is 0 Å². The van der Waals surface area contributed by atoms with Gasteiger partial charge in [-0.1, -0.05) is 61.0 Å². The van der Waals surface area contributed by atoms with Crippen molar-refractivity contribution in [2.24, 2.45) is 0 Å². The van der Waals surface area contributed by atoms with E-state index in [0.717, 1.165) is 34.0 Å². The molecular weight excluding hydrogens is 474 g/mol. The normalized spacial score (nSPS) is 13.5. The Balaban J connectivity index is 1.91. The molecule has 0 bridgehead atoms. The van der Waals surface area contributed by atoms with Crippen molar-refractivity contribution in [2.75, 3.05) is 14.7 Å². The molecule has 1 saturated carbocycles. The van der Waals surface area contributed by atoms with Gasteiger partial charge in [0.05, 0.1) is 17.1 Å². The number of hydrogen-bond acceptors (Lipinski definition) is 4. The minimum atomic E-state index is -1.65. The Labute approximate surface area is 215 Å². The Morgan fingerprint density at radius 3 is 1.38 bits per heavy atom. The number of anilines is 3. The van der Waals surface area contributed by atoms with E-state index in [-0.39, 0.29) is 23.2 Å². The molecule has 4 rings (SSSR count). The van der Waals surface area contributed by atoms with Gasteiger partial charge in [0, 0.05) is 0 Å². The average Bonchev–Trinajstić information content (AvgIpc) is 2.91. The van der Waals surface area contributed by atoms with Crippen LogP contribution < -0.4 is 14.7 Å². The van der Waals surface area contributed by atoms with E-state index in [2.05, 4.69) is 0 Å². The number of benzene rings is 3. The number of hydrogen-bond donors (Lipinski definition) is 2. The summed E-state index contributed by atoms with van der Waals surface area (Å²) in [7, 11) is 0. The van der Waals surface area contributed by atoms with E-state index in [1.54, 1.807) is 91.0 Å². The van der Waals surface area contributed by atoms with Crippen LogP contribution in [-0.2, 0) is 4.74 Å². The molecule has 1 aliphatic carbocycles. The third kappa shape index (κ3) is 6.00. The van der Waals surface area contributed by atoms with Gasteiger partial charge >= 0.3 is 18.3 Å². The lowest BCUT2D eigenvalue weighted by Gasteiger charge is -2.42. The second-order valence-electron chi connectivity index (χ2n) is 8.67. The summed E-state index contributed by atoms with van der Waals surface area (Å²) in [6, 6.07) is 24.5. The first kappa shape index (κ1) is 25.6. The summed E-state index contributed by atoms with van der Waals surface area (Å²) in [6.07, 6.45) is -1.41. The molecule has 0 saturated heterocycles. The first-order valence-corrected chi connectivity index (χ1v) is 12.2. The third-order valence-corrected chi connectivity index (χ3v) is 6.22. The van der Waals surface area contributed by atoms with Crippen molar-refractivity contribution in [3.63, 3.8) is 0 Å². The van der Waals surface area contributed by atoms with Crippen molar-refractivity contribution in [3.05, 3.63) is 91.0 Å². The molecule has 3 aromatic rings. The van der Waals surface area contributed by atoms with Gasteiger partial charge in [-0.15, -0.1) is 0 Å². The lowest BCUT2D eigenvalue weighted by molar-refractivity contribution is 0.0790. The summed E-state index contributed by atoms with van der Waals surface area (Å²) < 4.78 is 5.87. The van der Waals surface area contributed by atoms with E-state index in [4.69, 9.17) is 4.74 Å². The number of carbonyl (C=O) groups excluding carboxylic acids is 1. The SMILES string of the molecule is O=C(O)N(c1ccccc1)C(N(C(=O)O)c1ccccc1)N(C(=O)OC1CCCCC1)c1ccccc1. The van der Waals surface area contributed by atoms with Gasteiger partial charge in [-0.2, -0.15) is 0 Å². The molecule has 0 atom stereocenters. The standard InChI is InChI=1S/C28H29N3O6/c32-26(33)29(21-13-5-1-6-14-21)25(30(27(34)35)22-15-7-2-8-16-22)31(23-17-9-3-10-18-23)28(36)37-24-19-11-4-12-20-24/h1-3,5-10,13-18,24-25H,4,11-12,19-20H2,(H,32,33)(H,34,35). The molecule has 0 heterocycles. The molecule has 9 heteroatoms. The minimum absolute atomic E-state index is 0.188. The van der Waals surface area contributed by atoms with Gasteiger partial charge in [-0.25, -0.2) is 29.1 Å². The summed E-state index contributed by atoms with van der Waals surface area (Å²) >= 11 is 0. The van der Waals surface area contributed by atoms with Gasteiger partial charge in [-0.3, -0.25) is 0 Å². The lowest BCUT2D eigenvalue weighted by Crippen LogP contribution is -2.64. The van der Waals surface area contributed by atoms with Crippen LogP contribution in [0.4, 0.5) is 31.4 Å². The predicted octanol–water partition coefficient (Wildman–Crippen LogP) is 6.62. The quantitative estimate of drug-likeness (QED) is 0.351. The minimum Gasteiger partial charge on any atom is -0.465 e. The van der Waals surface area contributed by atoms with Crippen molar-refractivity contribution in [1.82, 2.24) is 0 Å². The van der Waals surface area contributed by atoms with Crippen LogP contribution >= 0.6 is 0 Å². The van der Waals surface area contributed by atoms with Gasteiger partial charge < -0.3 is 14.9 Å². The van der Waals surface area contributed by atoms with Crippen LogP contribution in [0.25, 0.3) is 0 Å². The molecule has 0 aromatic heterocycles. The molecule has 192 valence electrons. The second-order valence-corrected chi connectivity index (χ2v) is 8.67. The van der Waals surface area contributed by atoms with Gasteiger partial charge in [0.15, 0.2) is 0 Å². The van der Waals surface area contributed by atoms with Crippen LogP contribution in [-0.4, -0.2) is 40.9 Å². The number of rotatable bonds is 7. The first-order chi connectivity index (χ1) is 18.0. The molecule has 2 N–H and O–H groups in total. The van der Waals surface area contributed by atoms with Crippen LogP contribution in [0.5, 0.6) is 0 Å². The fraction of sp³-hybridized carbons (Fsp3) is 0.250. The largest absolute Gasteiger partial charge is 0.465 e. The van der Waals surface area contributed by atoms with Crippen LogP contribution in [0.3, 0.4) is 0 Å². The zero-order chi connectivity index (χ0) is 26.2. The molecule has 9 nitrogen and oxygen atoms in total. The van der Waals surface area contributed by atoms with Crippen LogP contribution in [0, 0.1) is 0 Å². The summed E-state index contributed by atoms with van der Waals surface area (Å²) in [5.41, 5.74) is 0.667. The van der Waals surface area contributed by atoms with Crippen molar-refractivity contribution in [3.8, 4) is 0 Å². The first-order valence-electron chi connectivity index (χ1n) is 12.2. The zero-order valence-corrected chi connectivity index (χ0v) is 20.2. The van der Waals surface area contributed by atoms with Gasteiger partial charge in [0.1, 0.15) is 6.10 Å². The van der Waals surface area contributed by atoms with Crippen LogP contribution in [0.2, 0.25) is 0 Å². The van der Waals surface area contributed by atoms with Crippen LogP contribution in [0.15, 0.2) is 91.0 Å². The van der Waals surface area contributed by atoms with Gasteiger partial charge in [0.25, 0.3) is 0 Å². The molecule has 0 aliphatic heterocycles. The van der Waals surface area contributed by atoms with E-state index in [9.17, 15) is 24.6 Å². The van der Waals surface area contributed by atoms with Gasteiger partial charge in [-0.05, 0) is 62.1 Å². The van der Waals surface area contributed by atoms with E-state index in [1.807, 2.05) is 0 Å². The smallest absolute Gasteiger partial charge is 0.417 e. The summed E-state index contributed by atoms with van der Waals surface area (Å²) in [5, 5.41) is 20.8. The third-order valence-electron chi connectivity index (χ3n) is 6.22. The summed E-state index contributed by atoms with van der Waals surface area (Å²) in [6.45, 7) is 0. The highest BCUT2D eigenvalue weighted by Crippen LogP contribution is 2.31. The van der Waals surface area contributed by atoms with E-state index < -0.39 is 24.6 Å². The van der Waals surface area contributed by atoms with Gasteiger partial charge in [0.2, 0.25) is 6.29 Å². The number of nitrogens with zero attached hydrogens (tertiary/aromatic N) is 3. The fourth-order valence-corrected chi connectivity index (χ4v) is 4.51.